The fourth-order valence-electron chi connectivity index (χ4n) is 1.51. The normalized spacial score (nSPS) is 11.7. The van der Waals surface area contributed by atoms with Crippen molar-refractivity contribution in [3.63, 3.8) is 0 Å². The fourth-order valence-corrected chi connectivity index (χ4v) is 1.58. The molecule has 0 rings (SSSR count). The third-order valence-electron chi connectivity index (χ3n) is 2.72. The molecule has 0 aliphatic carbocycles. The summed E-state index contributed by atoms with van der Waals surface area (Å²) in [4.78, 5) is 22.9. The van der Waals surface area contributed by atoms with E-state index < -0.39 is 11.8 Å². The van der Waals surface area contributed by atoms with Crippen molar-refractivity contribution < 1.29 is 9.59 Å². The summed E-state index contributed by atoms with van der Waals surface area (Å²) in [5.74, 6) is -0.883. The molecule has 0 aromatic heterocycles. The molecule has 0 aromatic carbocycles. The van der Waals surface area contributed by atoms with E-state index in [2.05, 4.69) is 36.7 Å². The van der Waals surface area contributed by atoms with Crippen molar-refractivity contribution >= 4 is 29.0 Å². The highest BCUT2D eigenvalue weighted by atomic mass is 32.1. The van der Waals surface area contributed by atoms with Crippen molar-refractivity contribution in [3.05, 3.63) is 0 Å². The molecule has 104 valence electrons. The van der Waals surface area contributed by atoms with Crippen LogP contribution in [0.1, 0.15) is 39.5 Å². The molecule has 2 amide bonds. The van der Waals surface area contributed by atoms with Crippen molar-refractivity contribution in [2.45, 2.75) is 39.5 Å². The molecule has 0 bridgehead atoms. The number of nitrogens with two attached hydrogens (primary N) is 1. The molecule has 0 saturated carbocycles. The monoisotopic (exact) mass is 273 g/mol. The maximum Gasteiger partial charge on any atom is 0.309 e. The number of hydrogen-bond acceptors (Lipinski definition) is 3. The first kappa shape index (κ1) is 16.8. The summed E-state index contributed by atoms with van der Waals surface area (Å²) in [6, 6.07) is 0. The minimum absolute atomic E-state index is 0.0502. The zero-order chi connectivity index (χ0) is 14.0. The van der Waals surface area contributed by atoms with Crippen molar-refractivity contribution in [3.8, 4) is 0 Å². The lowest BCUT2D eigenvalue weighted by atomic mass is 9.99. The van der Waals surface area contributed by atoms with Gasteiger partial charge in [-0.1, -0.05) is 45.3 Å². The summed E-state index contributed by atoms with van der Waals surface area (Å²) in [5, 5.41) is 4.98. The Bertz CT molecular complexity index is 295. The molecule has 0 saturated heterocycles. The van der Waals surface area contributed by atoms with Gasteiger partial charge in [0.15, 0.2) is 0 Å². The lowest BCUT2D eigenvalue weighted by Crippen LogP contribution is -2.44. The number of rotatable bonds is 8. The Kier molecular flexibility index (Phi) is 9.18. The van der Waals surface area contributed by atoms with E-state index in [1.54, 1.807) is 0 Å². The van der Waals surface area contributed by atoms with E-state index in [0.717, 1.165) is 25.7 Å². The number of hydrogen-bond donors (Lipinski definition) is 3. The van der Waals surface area contributed by atoms with Crippen LogP contribution >= 0.6 is 12.2 Å². The third kappa shape index (κ3) is 8.00. The van der Waals surface area contributed by atoms with Crippen LogP contribution in [0.3, 0.4) is 0 Å². The quantitative estimate of drug-likeness (QED) is 0.449. The number of amides is 2. The summed E-state index contributed by atoms with van der Waals surface area (Å²) < 4.78 is 0. The second-order valence-electron chi connectivity index (χ2n) is 4.28. The Morgan fingerprint density at radius 2 is 1.83 bits per heavy atom. The first-order chi connectivity index (χ1) is 8.51. The average molecular weight is 273 g/mol. The zero-order valence-electron chi connectivity index (χ0n) is 11.1. The van der Waals surface area contributed by atoms with Gasteiger partial charge in [0.05, 0.1) is 11.5 Å². The second-order valence-corrected chi connectivity index (χ2v) is 4.80. The van der Waals surface area contributed by atoms with Crippen LogP contribution in [0.15, 0.2) is 0 Å². The largest absolute Gasteiger partial charge is 0.392 e. The highest BCUT2D eigenvalue weighted by Gasteiger charge is 2.14. The Morgan fingerprint density at radius 1 is 1.22 bits per heavy atom. The summed E-state index contributed by atoms with van der Waals surface area (Å²) in [6.07, 6.45) is 4.34. The minimum atomic E-state index is -0.687. The van der Waals surface area contributed by atoms with Gasteiger partial charge in [-0.25, -0.2) is 0 Å². The number of nitrogens with one attached hydrogen (secondary N) is 2. The van der Waals surface area contributed by atoms with E-state index in [-0.39, 0.29) is 11.5 Å². The van der Waals surface area contributed by atoms with E-state index in [4.69, 9.17) is 5.73 Å². The maximum atomic E-state index is 11.4. The van der Waals surface area contributed by atoms with Gasteiger partial charge in [-0.3, -0.25) is 9.59 Å². The predicted molar refractivity (Wildman–Crippen MR) is 76.1 cm³/mol. The van der Waals surface area contributed by atoms with E-state index in [1.165, 1.54) is 0 Å². The lowest BCUT2D eigenvalue weighted by Gasteiger charge is -2.14. The molecule has 0 spiro atoms. The second kappa shape index (κ2) is 9.82. The molecule has 1 atom stereocenters. The van der Waals surface area contributed by atoms with Crippen LogP contribution in [-0.2, 0) is 9.59 Å². The van der Waals surface area contributed by atoms with Crippen LogP contribution in [0, 0.1) is 5.92 Å². The molecule has 0 fully saturated rings. The Morgan fingerprint density at radius 3 is 2.33 bits per heavy atom. The standard InChI is InChI=1S/C12H23N3O2S/c1-3-5-6-9(4-2)7-14-11(16)12(17)15-8-10(13)18/h9H,3-8H2,1-2H3,(H2,13,18)(H,14,16)(H,15,17). The molecule has 6 heteroatoms. The van der Waals surface area contributed by atoms with Gasteiger partial charge in [0.2, 0.25) is 0 Å². The van der Waals surface area contributed by atoms with Crippen LogP contribution in [0.2, 0.25) is 0 Å². The number of carbonyl (C=O) groups excluding carboxylic acids is 2. The van der Waals surface area contributed by atoms with Gasteiger partial charge in [-0.2, -0.15) is 0 Å². The molecule has 0 heterocycles. The maximum absolute atomic E-state index is 11.4. The summed E-state index contributed by atoms with van der Waals surface area (Å²) in [7, 11) is 0. The van der Waals surface area contributed by atoms with Crippen LogP contribution in [0.4, 0.5) is 0 Å². The Hall–Kier alpha value is -1.17. The fraction of sp³-hybridized carbons (Fsp3) is 0.750. The van der Waals surface area contributed by atoms with Crippen LogP contribution in [0.5, 0.6) is 0 Å². The van der Waals surface area contributed by atoms with Gasteiger partial charge in [0.1, 0.15) is 0 Å². The van der Waals surface area contributed by atoms with Gasteiger partial charge in [0.25, 0.3) is 0 Å². The van der Waals surface area contributed by atoms with E-state index in [1.807, 2.05) is 0 Å². The molecule has 18 heavy (non-hydrogen) atoms. The number of unbranched alkanes of at least 4 members (excludes halogenated alkanes) is 1. The van der Waals surface area contributed by atoms with E-state index in [0.29, 0.717) is 12.5 Å². The third-order valence-corrected chi connectivity index (χ3v) is 2.87. The van der Waals surface area contributed by atoms with E-state index >= 15 is 0 Å². The molecule has 0 radical (unpaired) electrons. The topological polar surface area (TPSA) is 84.2 Å². The SMILES string of the molecule is CCCCC(CC)CNC(=O)C(=O)NCC(N)=S. The molecule has 5 nitrogen and oxygen atoms in total. The molecule has 0 aromatic rings. The highest BCUT2D eigenvalue weighted by molar-refractivity contribution is 7.80. The van der Waals surface area contributed by atoms with Crippen LogP contribution in [0.25, 0.3) is 0 Å². The Labute approximate surface area is 114 Å². The Balaban J connectivity index is 3.92. The zero-order valence-corrected chi connectivity index (χ0v) is 11.9. The number of carbonyl (C=O) groups is 2. The highest BCUT2D eigenvalue weighted by Crippen LogP contribution is 2.10. The average Bonchev–Trinajstić information content (AvgIpc) is 2.35. The van der Waals surface area contributed by atoms with Gasteiger partial charge in [0, 0.05) is 6.54 Å². The lowest BCUT2D eigenvalue weighted by molar-refractivity contribution is -0.139. The van der Waals surface area contributed by atoms with Gasteiger partial charge >= 0.3 is 11.8 Å². The van der Waals surface area contributed by atoms with Crippen molar-refractivity contribution in [2.75, 3.05) is 13.1 Å². The first-order valence-corrected chi connectivity index (χ1v) is 6.76. The van der Waals surface area contributed by atoms with E-state index in [9.17, 15) is 9.59 Å². The predicted octanol–water partition coefficient (Wildman–Crippen LogP) is 0.721. The molecule has 4 N–H and O–H groups in total. The molecule has 0 aliphatic heterocycles. The van der Waals surface area contributed by atoms with Crippen LogP contribution < -0.4 is 16.4 Å². The van der Waals surface area contributed by atoms with Crippen LogP contribution in [-0.4, -0.2) is 29.9 Å². The molecule has 0 aliphatic rings. The van der Waals surface area contributed by atoms with Gasteiger partial charge in [-0.15, -0.1) is 0 Å². The van der Waals surface area contributed by atoms with Crippen molar-refractivity contribution in [2.24, 2.45) is 11.7 Å². The molecular weight excluding hydrogens is 250 g/mol. The molecular formula is C12H23N3O2S. The molecule has 1 unspecified atom stereocenters. The smallest absolute Gasteiger partial charge is 0.309 e. The van der Waals surface area contributed by atoms with Crippen molar-refractivity contribution in [1.29, 1.82) is 0 Å². The number of thiocarbonyl (C=S) groups is 1. The summed E-state index contributed by atoms with van der Waals surface area (Å²) >= 11 is 4.60. The van der Waals surface area contributed by atoms with Crippen molar-refractivity contribution in [1.82, 2.24) is 10.6 Å². The van der Waals surface area contributed by atoms with Gasteiger partial charge in [-0.05, 0) is 12.3 Å². The summed E-state index contributed by atoms with van der Waals surface area (Å²) in [5.41, 5.74) is 5.22. The minimum Gasteiger partial charge on any atom is -0.392 e. The first-order valence-electron chi connectivity index (χ1n) is 6.35. The van der Waals surface area contributed by atoms with Gasteiger partial charge < -0.3 is 16.4 Å². The summed E-state index contributed by atoms with van der Waals surface area (Å²) in [6.45, 7) is 4.80.